The van der Waals surface area contributed by atoms with Crippen LogP contribution in [0.4, 0.5) is 13.2 Å². The molecule has 0 unspecified atom stereocenters. The maximum Gasteiger partial charge on any atom is 0.409 e. The highest BCUT2D eigenvalue weighted by Gasteiger charge is 2.49. The van der Waals surface area contributed by atoms with Crippen LogP contribution in [-0.2, 0) is 17.1 Å². The van der Waals surface area contributed by atoms with Gasteiger partial charge in [-0.05, 0) is 30.2 Å². The van der Waals surface area contributed by atoms with E-state index in [9.17, 15) is 26.4 Å². The van der Waals surface area contributed by atoms with Gasteiger partial charge in [0.05, 0.1) is 0 Å². The zero-order valence-corrected chi connectivity index (χ0v) is 16.4. The summed E-state index contributed by atoms with van der Waals surface area (Å²) in [7, 11) is -3.21. The van der Waals surface area contributed by atoms with E-state index in [1.54, 1.807) is 0 Å². The number of pyridine rings is 1. The van der Waals surface area contributed by atoms with Crippen LogP contribution in [0.25, 0.3) is 0 Å². The van der Waals surface area contributed by atoms with E-state index < -0.39 is 34.3 Å². The molecule has 0 saturated carbocycles. The summed E-state index contributed by atoms with van der Waals surface area (Å²) in [6.07, 6.45) is -3.82. The zero-order chi connectivity index (χ0) is 20.6. The third kappa shape index (κ3) is 4.36. The summed E-state index contributed by atoms with van der Waals surface area (Å²) >= 11 is 5.74. The molecule has 0 saturated heterocycles. The minimum atomic E-state index is -4.86. The van der Waals surface area contributed by atoms with Crippen molar-refractivity contribution in [1.29, 1.82) is 0 Å². The van der Waals surface area contributed by atoms with Gasteiger partial charge in [-0.1, -0.05) is 30.7 Å². The quantitative estimate of drug-likeness (QED) is 0.738. The predicted octanol–water partition coefficient (Wildman–Crippen LogP) is 3.66. The van der Waals surface area contributed by atoms with E-state index in [0.29, 0.717) is 4.31 Å². The second-order valence-corrected chi connectivity index (χ2v) is 8.27. The minimum absolute atomic E-state index is 0.0774. The summed E-state index contributed by atoms with van der Waals surface area (Å²) < 4.78 is 69.0. The van der Waals surface area contributed by atoms with Crippen molar-refractivity contribution in [3.63, 3.8) is 0 Å². The molecule has 1 aromatic heterocycles. The van der Waals surface area contributed by atoms with Gasteiger partial charge in [-0.25, -0.2) is 8.42 Å². The van der Waals surface area contributed by atoms with Crippen LogP contribution in [0.1, 0.15) is 24.1 Å². The van der Waals surface area contributed by atoms with Gasteiger partial charge in [0.25, 0.3) is 5.56 Å². The van der Waals surface area contributed by atoms with Crippen LogP contribution >= 0.6 is 11.6 Å². The maximum atomic E-state index is 13.8. The van der Waals surface area contributed by atoms with Crippen LogP contribution in [-0.4, -0.2) is 30.0 Å². The molecule has 0 bridgehead atoms. The SMILES string of the molecule is CCN([C@H](c1ccc(Cl)cc1)C(F)(F)F)S(=O)(=O)c1cn(C)c(=O)cc1C. The average Bonchev–Trinajstić information content (AvgIpc) is 2.55. The van der Waals surface area contributed by atoms with Crippen molar-refractivity contribution >= 4 is 21.6 Å². The number of halogens is 4. The Kier molecular flexibility index (Phi) is 6.08. The van der Waals surface area contributed by atoms with Gasteiger partial charge < -0.3 is 4.57 Å². The van der Waals surface area contributed by atoms with Gasteiger partial charge in [0.2, 0.25) is 10.0 Å². The Morgan fingerprint density at radius 1 is 1.22 bits per heavy atom. The van der Waals surface area contributed by atoms with Gasteiger partial charge in [0.1, 0.15) is 10.9 Å². The molecule has 0 radical (unpaired) electrons. The van der Waals surface area contributed by atoms with Crippen molar-refractivity contribution < 1.29 is 21.6 Å². The monoisotopic (exact) mass is 422 g/mol. The van der Waals surface area contributed by atoms with Gasteiger partial charge in [-0.15, -0.1) is 0 Å². The molecule has 0 aliphatic heterocycles. The fraction of sp³-hybridized carbons (Fsp3) is 0.353. The van der Waals surface area contributed by atoms with E-state index in [1.165, 1.54) is 33.0 Å². The Balaban J connectivity index is 2.68. The molecule has 5 nitrogen and oxygen atoms in total. The lowest BCUT2D eigenvalue weighted by atomic mass is 10.1. The van der Waals surface area contributed by atoms with E-state index in [-0.39, 0.29) is 21.0 Å². The van der Waals surface area contributed by atoms with Crippen LogP contribution in [0.5, 0.6) is 0 Å². The molecule has 148 valence electrons. The molecule has 2 rings (SSSR count). The van der Waals surface area contributed by atoms with Crippen LogP contribution < -0.4 is 5.56 Å². The maximum absolute atomic E-state index is 13.8. The fourth-order valence-corrected chi connectivity index (χ4v) is 4.75. The van der Waals surface area contributed by atoms with Crippen molar-refractivity contribution in [2.45, 2.75) is 31.0 Å². The highest BCUT2D eigenvalue weighted by Crippen LogP contribution is 2.40. The molecule has 27 heavy (non-hydrogen) atoms. The standard InChI is InChI=1S/C17H18ClF3N2O3S/c1-4-23(16(17(19,20)21)12-5-7-13(18)8-6-12)27(25,26)14-10-22(3)15(24)9-11(14)2/h5-10,16H,4H2,1-3H3/t16-/m1/s1. The number of rotatable bonds is 5. The number of alkyl halides is 3. The Labute approximate surface area is 160 Å². The summed E-state index contributed by atoms with van der Waals surface area (Å²) in [6.45, 7) is 2.27. The summed E-state index contributed by atoms with van der Waals surface area (Å²) in [5, 5.41) is 0.236. The molecule has 2 aromatic rings. The molecule has 10 heteroatoms. The topological polar surface area (TPSA) is 59.4 Å². The molecule has 0 aliphatic rings. The zero-order valence-electron chi connectivity index (χ0n) is 14.8. The molecule has 0 amide bonds. The van der Waals surface area contributed by atoms with Crippen LogP contribution in [0.15, 0.2) is 46.2 Å². The third-order valence-corrected chi connectivity index (χ3v) is 6.39. The normalized spacial score (nSPS) is 13.8. The van der Waals surface area contributed by atoms with Crippen LogP contribution in [0.2, 0.25) is 5.02 Å². The van der Waals surface area contributed by atoms with E-state index >= 15 is 0 Å². The first-order chi connectivity index (χ1) is 12.4. The first-order valence-electron chi connectivity index (χ1n) is 7.91. The highest BCUT2D eigenvalue weighted by molar-refractivity contribution is 7.89. The van der Waals surface area contributed by atoms with Crippen LogP contribution in [0.3, 0.4) is 0 Å². The average molecular weight is 423 g/mol. The van der Waals surface area contributed by atoms with Crippen LogP contribution in [0, 0.1) is 6.92 Å². The molecule has 0 N–H and O–H groups in total. The van der Waals surface area contributed by atoms with E-state index in [1.807, 2.05) is 0 Å². The summed E-state index contributed by atoms with van der Waals surface area (Å²) in [5.74, 6) is 0. The van der Waals surface area contributed by atoms with E-state index in [4.69, 9.17) is 11.6 Å². The molecular formula is C17H18ClF3N2O3S. The Morgan fingerprint density at radius 2 is 1.78 bits per heavy atom. The number of nitrogens with zero attached hydrogens (tertiary/aromatic N) is 2. The first kappa shape index (κ1) is 21.5. The van der Waals surface area contributed by atoms with Crippen molar-refractivity contribution in [2.75, 3.05) is 6.54 Å². The van der Waals surface area contributed by atoms with Crippen molar-refractivity contribution in [2.24, 2.45) is 7.05 Å². The summed E-state index contributed by atoms with van der Waals surface area (Å²) in [5.41, 5.74) is -0.632. The number of sulfonamides is 1. The molecule has 0 aliphatic carbocycles. The molecule has 0 fully saturated rings. The fourth-order valence-electron chi connectivity index (χ4n) is 2.75. The van der Waals surface area contributed by atoms with Gasteiger partial charge >= 0.3 is 6.18 Å². The largest absolute Gasteiger partial charge is 0.409 e. The third-order valence-electron chi connectivity index (χ3n) is 4.07. The second-order valence-electron chi connectivity index (χ2n) is 5.97. The Morgan fingerprint density at radius 3 is 2.26 bits per heavy atom. The summed E-state index contributed by atoms with van der Waals surface area (Å²) in [6, 6.07) is 3.52. The van der Waals surface area contributed by atoms with Gasteiger partial charge in [-0.3, -0.25) is 4.79 Å². The summed E-state index contributed by atoms with van der Waals surface area (Å²) in [4.78, 5) is 11.3. The number of aromatic nitrogens is 1. The van der Waals surface area contributed by atoms with E-state index in [0.717, 1.165) is 29.0 Å². The van der Waals surface area contributed by atoms with Crippen molar-refractivity contribution in [3.8, 4) is 0 Å². The van der Waals surface area contributed by atoms with Gasteiger partial charge in [-0.2, -0.15) is 17.5 Å². The number of aryl methyl sites for hydroxylation is 2. The van der Waals surface area contributed by atoms with Crippen molar-refractivity contribution in [1.82, 2.24) is 8.87 Å². The Bertz CT molecular complexity index is 986. The number of benzene rings is 1. The second kappa shape index (κ2) is 7.65. The number of hydrogen-bond donors (Lipinski definition) is 0. The smallest absolute Gasteiger partial charge is 0.317 e. The van der Waals surface area contributed by atoms with Gasteiger partial charge in [0.15, 0.2) is 0 Å². The number of hydrogen-bond acceptors (Lipinski definition) is 3. The lowest BCUT2D eigenvalue weighted by molar-refractivity contribution is -0.173. The molecule has 0 spiro atoms. The Hall–Kier alpha value is -1.84. The van der Waals surface area contributed by atoms with Crippen molar-refractivity contribution in [3.05, 3.63) is 63.0 Å². The lowest BCUT2D eigenvalue weighted by Gasteiger charge is -2.32. The highest BCUT2D eigenvalue weighted by atomic mass is 35.5. The minimum Gasteiger partial charge on any atom is -0.317 e. The molecule has 1 aromatic carbocycles. The lowest BCUT2D eigenvalue weighted by Crippen LogP contribution is -2.42. The predicted molar refractivity (Wildman–Crippen MR) is 96.2 cm³/mol. The van der Waals surface area contributed by atoms with Gasteiger partial charge in [0, 0.05) is 30.9 Å². The first-order valence-corrected chi connectivity index (χ1v) is 9.72. The van der Waals surface area contributed by atoms with E-state index in [2.05, 4.69) is 0 Å². The molecular weight excluding hydrogens is 405 g/mol. The molecule has 1 heterocycles. The molecule has 1 atom stereocenters.